The third-order valence-electron chi connectivity index (χ3n) is 4.63. The molecule has 0 spiro atoms. The van der Waals surface area contributed by atoms with E-state index in [4.69, 9.17) is 4.74 Å². The second-order valence-corrected chi connectivity index (χ2v) is 8.80. The summed E-state index contributed by atoms with van der Waals surface area (Å²) in [7, 11) is 0. The molecule has 1 aromatic heterocycles. The second kappa shape index (κ2) is 7.09. The minimum atomic E-state index is -0.565. The van der Waals surface area contributed by atoms with Gasteiger partial charge in [0, 0.05) is 10.9 Å². The van der Waals surface area contributed by atoms with Gasteiger partial charge in [-0.15, -0.1) is 0 Å². The highest BCUT2D eigenvalue weighted by Gasteiger charge is 2.38. The largest absolute Gasteiger partial charge is 0.443 e. The van der Waals surface area contributed by atoms with Crippen LogP contribution in [0, 0.1) is 0 Å². The number of halogens is 1. The van der Waals surface area contributed by atoms with Crippen molar-refractivity contribution in [2.75, 3.05) is 4.90 Å². The molecule has 1 aliphatic rings. The van der Waals surface area contributed by atoms with E-state index in [9.17, 15) is 4.79 Å². The molecule has 1 N–H and O–H groups in total. The van der Waals surface area contributed by atoms with Crippen LogP contribution in [-0.4, -0.2) is 21.7 Å². The molecule has 28 heavy (non-hydrogen) atoms. The molecule has 1 atom stereocenters. The fraction of sp³-hybridized carbons (Fsp3) is 0.273. The van der Waals surface area contributed by atoms with E-state index in [2.05, 4.69) is 25.9 Å². The van der Waals surface area contributed by atoms with E-state index in [1.54, 1.807) is 4.90 Å². The molecule has 0 radical (unpaired) electrons. The lowest BCUT2D eigenvalue weighted by molar-refractivity contribution is 0.0568. The Balaban J connectivity index is 1.68. The van der Waals surface area contributed by atoms with Gasteiger partial charge in [-0.1, -0.05) is 46.3 Å². The molecule has 4 rings (SSSR count). The maximum absolute atomic E-state index is 13.0. The Labute approximate surface area is 172 Å². The van der Waals surface area contributed by atoms with Crippen molar-refractivity contribution < 1.29 is 9.53 Å². The number of fused-ring (bicyclic) bond motifs is 1. The number of benzene rings is 2. The van der Waals surface area contributed by atoms with Gasteiger partial charge in [0.15, 0.2) is 0 Å². The number of para-hydroxylation sites is 1. The van der Waals surface area contributed by atoms with Crippen LogP contribution in [0.1, 0.15) is 38.2 Å². The highest BCUT2D eigenvalue weighted by Crippen LogP contribution is 2.40. The monoisotopic (exact) mass is 439 g/mol. The van der Waals surface area contributed by atoms with Crippen LogP contribution in [0.4, 0.5) is 10.5 Å². The number of aromatic amines is 1. The lowest BCUT2D eigenvalue weighted by Gasteiger charge is -2.28. The number of anilines is 1. The number of ether oxygens (including phenoxy) is 1. The van der Waals surface area contributed by atoms with Crippen LogP contribution < -0.4 is 4.90 Å². The van der Waals surface area contributed by atoms with Gasteiger partial charge >= 0.3 is 6.09 Å². The first-order valence-electron chi connectivity index (χ1n) is 9.23. The summed E-state index contributed by atoms with van der Waals surface area (Å²) in [5.74, 6) is 0.750. The average Bonchev–Trinajstić information content (AvgIpc) is 3.25. The summed E-state index contributed by atoms with van der Waals surface area (Å²) >= 11 is 3.46. The number of H-pyrrole nitrogens is 1. The molecular weight excluding hydrogens is 418 g/mol. The molecule has 2 heterocycles. The number of nitrogens with one attached hydrogen (secondary N) is 1. The normalized spacial score (nSPS) is 16.1. The van der Waals surface area contributed by atoms with Crippen molar-refractivity contribution in [3.05, 3.63) is 70.6 Å². The van der Waals surface area contributed by atoms with Crippen molar-refractivity contribution in [1.82, 2.24) is 9.97 Å². The van der Waals surface area contributed by atoms with Crippen LogP contribution in [0.25, 0.3) is 11.3 Å². The maximum Gasteiger partial charge on any atom is 0.415 e. The first kappa shape index (κ1) is 18.7. The Morgan fingerprint density at radius 1 is 1.18 bits per heavy atom. The lowest BCUT2D eigenvalue weighted by Crippen LogP contribution is -2.37. The van der Waals surface area contributed by atoms with E-state index >= 15 is 0 Å². The zero-order valence-electron chi connectivity index (χ0n) is 16.1. The molecule has 2 aromatic carbocycles. The van der Waals surface area contributed by atoms with Crippen molar-refractivity contribution in [2.45, 2.75) is 38.8 Å². The molecular formula is C22H22BrN3O2. The van der Waals surface area contributed by atoms with Crippen LogP contribution in [0.5, 0.6) is 0 Å². The summed E-state index contributed by atoms with van der Waals surface area (Å²) in [6.07, 6.45) is 2.15. The summed E-state index contributed by atoms with van der Waals surface area (Å²) in [4.78, 5) is 22.7. The zero-order chi connectivity index (χ0) is 19.9. The zero-order valence-corrected chi connectivity index (χ0v) is 17.7. The van der Waals surface area contributed by atoms with Crippen LogP contribution in [0.3, 0.4) is 0 Å². The van der Waals surface area contributed by atoms with Gasteiger partial charge in [0.25, 0.3) is 0 Å². The molecule has 5 nitrogen and oxygen atoms in total. The van der Waals surface area contributed by atoms with Crippen LogP contribution >= 0.6 is 15.9 Å². The van der Waals surface area contributed by atoms with E-state index in [-0.39, 0.29) is 12.1 Å². The Morgan fingerprint density at radius 2 is 1.89 bits per heavy atom. The van der Waals surface area contributed by atoms with Crippen molar-refractivity contribution >= 4 is 27.7 Å². The van der Waals surface area contributed by atoms with Gasteiger partial charge in [0.1, 0.15) is 17.5 Å². The fourth-order valence-electron chi connectivity index (χ4n) is 3.42. The fourth-order valence-corrected chi connectivity index (χ4v) is 3.69. The lowest BCUT2D eigenvalue weighted by atomic mass is 10.1. The first-order chi connectivity index (χ1) is 13.3. The number of imidazole rings is 1. The number of aromatic nitrogens is 2. The molecule has 0 unspecified atom stereocenters. The second-order valence-electron chi connectivity index (χ2n) is 7.89. The average molecular weight is 440 g/mol. The minimum absolute atomic E-state index is 0.226. The van der Waals surface area contributed by atoms with Crippen molar-refractivity contribution in [2.24, 2.45) is 0 Å². The molecule has 0 saturated heterocycles. The van der Waals surface area contributed by atoms with Gasteiger partial charge in [-0.3, -0.25) is 4.90 Å². The van der Waals surface area contributed by atoms with Gasteiger partial charge < -0.3 is 9.72 Å². The molecule has 0 saturated carbocycles. The van der Waals surface area contributed by atoms with Crippen molar-refractivity contribution in [3.8, 4) is 11.3 Å². The van der Waals surface area contributed by atoms with Crippen molar-refractivity contribution in [3.63, 3.8) is 0 Å². The topological polar surface area (TPSA) is 58.2 Å². The third kappa shape index (κ3) is 3.69. The molecule has 0 aliphatic carbocycles. The SMILES string of the molecule is CC(C)(C)OC(=O)N1c2ccccc2C[C@H]1c1ncc(-c2ccc(Br)cc2)[nH]1. The standard InChI is InChI=1S/C22H22BrN3O2/c1-22(2,3)28-21(27)26-18-7-5-4-6-15(18)12-19(26)20-24-13-17(25-20)14-8-10-16(23)11-9-14/h4-11,13,19H,12H2,1-3H3,(H,24,25)/t19-/m0/s1. The van der Waals surface area contributed by atoms with Crippen LogP contribution in [0.15, 0.2) is 59.2 Å². The number of carbonyl (C=O) groups excluding carboxylic acids is 1. The third-order valence-corrected chi connectivity index (χ3v) is 5.16. The Kier molecular flexibility index (Phi) is 4.75. The number of carbonyl (C=O) groups is 1. The quantitative estimate of drug-likeness (QED) is 0.542. The predicted octanol–water partition coefficient (Wildman–Crippen LogP) is 5.88. The van der Waals surface area contributed by atoms with Crippen LogP contribution in [-0.2, 0) is 11.2 Å². The number of nitrogens with zero attached hydrogens (tertiary/aromatic N) is 2. The van der Waals surface area contributed by atoms with E-state index in [1.807, 2.05) is 75.5 Å². The van der Waals surface area contributed by atoms with Gasteiger partial charge in [-0.2, -0.15) is 0 Å². The smallest absolute Gasteiger partial charge is 0.415 e. The van der Waals surface area contributed by atoms with E-state index in [1.165, 1.54) is 0 Å². The number of hydrogen-bond acceptors (Lipinski definition) is 3. The summed E-state index contributed by atoms with van der Waals surface area (Å²) in [6.45, 7) is 5.63. The maximum atomic E-state index is 13.0. The van der Waals surface area contributed by atoms with Gasteiger partial charge in [0.2, 0.25) is 0 Å². The summed E-state index contributed by atoms with van der Waals surface area (Å²) in [5.41, 5.74) is 3.39. The molecule has 144 valence electrons. The summed E-state index contributed by atoms with van der Waals surface area (Å²) in [6, 6.07) is 15.7. The first-order valence-corrected chi connectivity index (χ1v) is 10.0. The molecule has 3 aromatic rings. The van der Waals surface area contributed by atoms with Gasteiger partial charge in [-0.05, 0) is 50.1 Å². The summed E-state index contributed by atoms with van der Waals surface area (Å²) < 4.78 is 6.70. The van der Waals surface area contributed by atoms with E-state index in [0.717, 1.165) is 32.8 Å². The van der Waals surface area contributed by atoms with Crippen molar-refractivity contribution in [1.29, 1.82) is 0 Å². The predicted molar refractivity (Wildman–Crippen MR) is 113 cm³/mol. The minimum Gasteiger partial charge on any atom is -0.443 e. The number of amides is 1. The summed E-state index contributed by atoms with van der Waals surface area (Å²) in [5, 5.41) is 0. The molecule has 1 aliphatic heterocycles. The Bertz CT molecular complexity index is 1010. The Hall–Kier alpha value is -2.60. The van der Waals surface area contributed by atoms with Gasteiger partial charge in [0.05, 0.1) is 17.6 Å². The molecule has 1 amide bonds. The highest BCUT2D eigenvalue weighted by molar-refractivity contribution is 9.10. The van der Waals surface area contributed by atoms with E-state index < -0.39 is 5.60 Å². The number of rotatable bonds is 2. The highest BCUT2D eigenvalue weighted by atomic mass is 79.9. The molecule has 0 fully saturated rings. The number of hydrogen-bond donors (Lipinski definition) is 1. The molecule has 6 heteroatoms. The van der Waals surface area contributed by atoms with Gasteiger partial charge in [-0.25, -0.2) is 9.78 Å². The molecule has 0 bridgehead atoms. The Morgan fingerprint density at radius 3 is 2.61 bits per heavy atom. The van der Waals surface area contributed by atoms with Crippen LogP contribution in [0.2, 0.25) is 0 Å². The van der Waals surface area contributed by atoms with E-state index in [0.29, 0.717) is 6.42 Å².